The van der Waals surface area contributed by atoms with Crippen molar-refractivity contribution in [1.29, 1.82) is 0 Å². The van der Waals surface area contributed by atoms with Gasteiger partial charge >= 0.3 is 0 Å². The van der Waals surface area contributed by atoms with Gasteiger partial charge in [0.1, 0.15) is 5.82 Å². The lowest BCUT2D eigenvalue weighted by atomic mass is 9.86. The summed E-state index contributed by atoms with van der Waals surface area (Å²) >= 11 is 1.57. The Morgan fingerprint density at radius 1 is 0.903 bits per heavy atom. The summed E-state index contributed by atoms with van der Waals surface area (Å²) in [6.45, 7) is 1.82. The van der Waals surface area contributed by atoms with E-state index in [1.54, 1.807) is 31.0 Å². The van der Waals surface area contributed by atoms with E-state index in [4.69, 9.17) is 15.2 Å². The fraction of sp³-hybridized carbons (Fsp3) is 0.308. The van der Waals surface area contributed by atoms with Gasteiger partial charge in [-0.05, 0) is 59.0 Å². The third kappa shape index (κ3) is 5.36. The SMILES string of the molecule is COC1(c2cc(F)cc(Sc3ccc(Cc4ccc(CN)cc4)cc3)c2)CCOCC1. The van der Waals surface area contributed by atoms with Gasteiger partial charge in [0.15, 0.2) is 0 Å². The molecule has 1 heterocycles. The number of methoxy groups -OCH3 is 1. The van der Waals surface area contributed by atoms with Crippen LogP contribution in [0.25, 0.3) is 0 Å². The number of nitrogens with two attached hydrogens (primary N) is 1. The predicted octanol–water partition coefficient (Wildman–Crippen LogP) is 5.68. The Morgan fingerprint density at radius 3 is 2.13 bits per heavy atom. The van der Waals surface area contributed by atoms with Crippen LogP contribution in [0.2, 0.25) is 0 Å². The first-order valence-corrected chi connectivity index (χ1v) is 11.4. The van der Waals surface area contributed by atoms with Gasteiger partial charge in [0.2, 0.25) is 0 Å². The summed E-state index contributed by atoms with van der Waals surface area (Å²) in [5.41, 5.74) is 9.72. The van der Waals surface area contributed by atoms with Gasteiger partial charge in [0.25, 0.3) is 0 Å². The Balaban J connectivity index is 1.48. The molecule has 5 heteroatoms. The van der Waals surface area contributed by atoms with Crippen molar-refractivity contribution in [2.45, 2.75) is 41.2 Å². The van der Waals surface area contributed by atoms with Crippen molar-refractivity contribution < 1.29 is 13.9 Å². The average Bonchev–Trinajstić information content (AvgIpc) is 2.81. The van der Waals surface area contributed by atoms with Crippen molar-refractivity contribution in [2.24, 2.45) is 5.73 Å². The summed E-state index contributed by atoms with van der Waals surface area (Å²) in [6.07, 6.45) is 2.34. The third-order valence-electron chi connectivity index (χ3n) is 5.91. The summed E-state index contributed by atoms with van der Waals surface area (Å²) in [7, 11) is 1.70. The molecule has 31 heavy (non-hydrogen) atoms. The first kappa shape index (κ1) is 22.0. The molecule has 162 valence electrons. The highest BCUT2D eigenvalue weighted by Gasteiger charge is 2.35. The van der Waals surface area contributed by atoms with Gasteiger partial charge in [0, 0.05) is 49.5 Å². The maximum Gasteiger partial charge on any atom is 0.124 e. The van der Waals surface area contributed by atoms with E-state index in [-0.39, 0.29) is 5.82 Å². The molecular weight excluding hydrogens is 409 g/mol. The van der Waals surface area contributed by atoms with E-state index in [1.165, 1.54) is 11.1 Å². The van der Waals surface area contributed by atoms with Crippen LogP contribution in [0.15, 0.2) is 76.5 Å². The van der Waals surface area contributed by atoms with Crippen LogP contribution in [0, 0.1) is 5.82 Å². The van der Waals surface area contributed by atoms with Crippen LogP contribution in [0.1, 0.15) is 35.1 Å². The van der Waals surface area contributed by atoms with Crippen molar-refractivity contribution in [1.82, 2.24) is 0 Å². The van der Waals surface area contributed by atoms with Crippen molar-refractivity contribution in [3.8, 4) is 0 Å². The minimum atomic E-state index is -0.473. The third-order valence-corrected chi connectivity index (χ3v) is 6.89. The molecule has 0 saturated carbocycles. The monoisotopic (exact) mass is 437 g/mol. The highest BCUT2D eigenvalue weighted by atomic mass is 32.2. The molecule has 3 aromatic rings. The highest BCUT2D eigenvalue weighted by Crippen LogP contribution is 2.39. The zero-order chi connectivity index (χ0) is 21.7. The second-order valence-electron chi connectivity index (χ2n) is 7.93. The zero-order valence-electron chi connectivity index (χ0n) is 17.8. The van der Waals surface area contributed by atoms with Crippen LogP contribution in [-0.2, 0) is 28.0 Å². The average molecular weight is 438 g/mol. The molecule has 3 aromatic carbocycles. The van der Waals surface area contributed by atoms with Crippen molar-refractivity contribution in [2.75, 3.05) is 20.3 Å². The molecule has 2 N–H and O–H groups in total. The van der Waals surface area contributed by atoms with E-state index in [2.05, 4.69) is 54.6 Å². The first-order valence-electron chi connectivity index (χ1n) is 10.6. The molecule has 0 bridgehead atoms. The van der Waals surface area contributed by atoms with Gasteiger partial charge in [-0.1, -0.05) is 48.2 Å². The van der Waals surface area contributed by atoms with Crippen molar-refractivity contribution in [3.63, 3.8) is 0 Å². The normalized spacial score (nSPS) is 15.7. The summed E-state index contributed by atoms with van der Waals surface area (Å²) < 4.78 is 25.8. The Kier molecular flexibility index (Phi) is 7.08. The summed E-state index contributed by atoms with van der Waals surface area (Å²) in [6, 6.07) is 22.1. The van der Waals surface area contributed by atoms with E-state index in [0.29, 0.717) is 19.8 Å². The molecule has 1 saturated heterocycles. The molecule has 1 aliphatic rings. The molecule has 1 aliphatic heterocycles. The fourth-order valence-electron chi connectivity index (χ4n) is 4.04. The summed E-state index contributed by atoms with van der Waals surface area (Å²) in [5.74, 6) is -0.236. The molecule has 0 atom stereocenters. The van der Waals surface area contributed by atoms with Gasteiger partial charge in [-0.25, -0.2) is 4.39 Å². The molecular formula is C26H28FNO2S. The smallest absolute Gasteiger partial charge is 0.124 e. The van der Waals surface area contributed by atoms with E-state index >= 15 is 0 Å². The van der Waals surface area contributed by atoms with Gasteiger partial charge in [-0.3, -0.25) is 0 Å². The lowest BCUT2D eigenvalue weighted by Crippen LogP contribution is -2.35. The highest BCUT2D eigenvalue weighted by molar-refractivity contribution is 7.99. The lowest BCUT2D eigenvalue weighted by molar-refractivity contribution is -0.0950. The molecule has 0 amide bonds. The predicted molar refractivity (Wildman–Crippen MR) is 123 cm³/mol. The van der Waals surface area contributed by atoms with Gasteiger partial charge in [0.05, 0.1) is 5.60 Å². The minimum absolute atomic E-state index is 0.236. The second kappa shape index (κ2) is 9.96. The van der Waals surface area contributed by atoms with Crippen LogP contribution < -0.4 is 5.73 Å². The topological polar surface area (TPSA) is 44.5 Å². The summed E-state index contributed by atoms with van der Waals surface area (Å²) in [4.78, 5) is 1.96. The number of halogens is 1. The minimum Gasteiger partial charge on any atom is -0.381 e. The van der Waals surface area contributed by atoms with E-state index < -0.39 is 5.60 Å². The van der Waals surface area contributed by atoms with Crippen LogP contribution in [0.4, 0.5) is 4.39 Å². The Hall–Kier alpha value is -2.18. The Morgan fingerprint density at radius 2 is 1.52 bits per heavy atom. The lowest BCUT2D eigenvalue weighted by Gasteiger charge is -2.36. The number of hydrogen-bond acceptors (Lipinski definition) is 4. The Labute approximate surface area is 187 Å². The van der Waals surface area contributed by atoms with E-state index in [1.807, 2.05) is 0 Å². The van der Waals surface area contributed by atoms with Gasteiger partial charge in [-0.15, -0.1) is 0 Å². The number of hydrogen-bond donors (Lipinski definition) is 1. The maximum absolute atomic E-state index is 14.4. The van der Waals surface area contributed by atoms with Gasteiger partial charge < -0.3 is 15.2 Å². The molecule has 3 nitrogen and oxygen atoms in total. The molecule has 4 rings (SSSR count). The van der Waals surface area contributed by atoms with E-state index in [9.17, 15) is 4.39 Å². The summed E-state index contributed by atoms with van der Waals surface area (Å²) in [5, 5.41) is 0. The first-order chi connectivity index (χ1) is 15.1. The van der Waals surface area contributed by atoms with Crippen LogP contribution in [0.5, 0.6) is 0 Å². The van der Waals surface area contributed by atoms with Crippen LogP contribution in [0.3, 0.4) is 0 Å². The van der Waals surface area contributed by atoms with Crippen LogP contribution in [-0.4, -0.2) is 20.3 Å². The molecule has 0 radical (unpaired) electrons. The van der Waals surface area contributed by atoms with Gasteiger partial charge in [-0.2, -0.15) is 0 Å². The molecule has 0 unspecified atom stereocenters. The second-order valence-corrected chi connectivity index (χ2v) is 9.08. The number of rotatable bonds is 7. The quantitative estimate of drug-likeness (QED) is 0.517. The maximum atomic E-state index is 14.4. The molecule has 0 aliphatic carbocycles. The standard InChI is InChI=1S/C26H28FNO2S/c1-29-26(10-12-30-13-11-26)22-15-23(27)17-25(16-22)31-24-8-6-20(7-9-24)14-19-2-4-21(18-28)5-3-19/h2-9,15-17H,10-14,18,28H2,1H3. The van der Waals surface area contributed by atoms with E-state index in [0.717, 1.165) is 40.2 Å². The fourth-order valence-corrected chi connectivity index (χ4v) is 4.94. The van der Waals surface area contributed by atoms with Crippen molar-refractivity contribution in [3.05, 3.63) is 94.8 Å². The zero-order valence-corrected chi connectivity index (χ0v) is 18.6. The molecule has 0 spiro atoms. The molecule has 0 aromatic heterocycles. The van der Waals surface area contributed by atoms with Crippen LogP contribution >= 0.6 is 11.8 Å². The molecule has 1 fully saturated rings. The number of benzene rings is 3. The van der Waals surface area contributed by atoms with Crippen molar-refractivity contribution >= 4 is 11.8 Å². The number of ether oxygens (including phenoxy) is 2. The largest absolute Gasteiger partial charge is 0.381 e. The Bertz CT molecular complexity index is 999.